The monoisotopic (exact) mass is 342 g/mol. The fraction of sp³-hybridized carbons (Fsp3) is 0.158. The fourth-order valence-corrected chi connectivity index (χ4v) is 2.44. The first-order valence-electron chi connectivity index (χ1n) is 7.70. The number of ether oxygens (including phenoxy) is 1. The van der Waals surface area contributed by atoms with Gasteiger partial charge in [-0.2, -0.15) is 8.78 Å². The van der Waals surface area contributed by atoms with Crippen LogP contribution in [-0.4, -0.2) is 15.5 Å². The molecule has 3 rings (SSSR count). The lowest BCUT2D eigenvalue weighted by Crippen LogP contribution is -2.09. The largest absolute Gasteiger partial charge is 0.454 e. The SMILES string of the molecule is Cc1ccc(/C=C/C(=O)OCc2nc3ccccc3n2C(F)F)cc1. The van der Waals surface area contributed by atoms with Crippen LogP contribution < -0.4 is 0 Å². The molecule has 1 aromatic heterocycles. The van der Waals surface area contributed by atoms with Crippen molar-refractivity contribution in [1.29, 1.82) is 0 Å². The van der Waals surface area contributed by atoms with Crippen molar-refractivity contribution in [3.8, 4) is 0 Å². The van der Waals surface area contributed by atoms with E-state index in [0.717, 1.165) is 15.7 Å². The minimum atomic E-state index is -2.76. The first-order chi connectivity index (χ1) is 12.0. The van der Waals surface area contributed by atoms with E-state index in [-0.39, 0.29) is 12.4 Å². The Morgan fingerprint density at radius 2 is 1.92 bits per heavy atom. The molecule has 0 spiro atoms. The van der Waals surface area contributed by atoms with Gasteiger partial charge in [0.25, 0.3) is 0 Å². The Kier molecular flexibility index (Phi) is 4.88. The Morgan fingerprint density at radius 1 is 1.20 bits per heavy atom. The second-order valence-electron chi connectivity index (χ2n) is 5.52. The van der Waals surface area contributed by atoms with Crippen molar-refractivity contribution in [3.05, 3.63) is 71.6 Å². The molecule has 0 saturated heterocycles. The fourth-order valence-electron chi connectivity index (χ4n) is 2.44. The quantitative estimate of drug-likeness (QED) is 0.507. The van der Waals surface area contributed by atoms with Crippen LogP contribution in [-0.2, 0) is 16.1 Å². The summed E-state index contributed by atoms with van der Waals surface area (Å²) in [7, 11) is 0. The highest BCUT2D eigenvalue weighted by atomic mass is 19.3. The predicted molar refractivity (Wildman–Crippen MR) is 91.0 cm³/mol. The number of aromatic nitrogens is 2. The van der Waals surface area contributed by atoms with Crippen LogP contribution in [0.3, 0.4) is 0 Å². The van der Waals surface area contributed by atoms with Gasteiger partial charge in [0.1, 0.15) is 6.61 Å². The van der Waals surface area contributed by atoms with Crippen molar-refractivity contribution in [2.45, 2.75) is 20.1 Å². The molecule has 0 atom stereocenters. The van der Waals surface area contributed by atoms with Gasteiger partial charge in [-0.25, -0.2) is 9.78 Å². The van der Waals surface area contributed by atoms with E-state index in [4.69, 9.17) is 4.74 Å². The average molecular weight is 342 g/mol. The Labute approximate surface area is 143 Å². The van der Waals surface area contributed by atoms with Crippen LogP contribution in [0.2, 0.25) is 0 Å². The van der Waals surface area contributed by atoms with E-state index in [1.165, 1.54) is 6.08 Å². The van der Waals surface area contributed by atoms with Gasteiger partial charge in [-0.1, -0.05) is 42.0 Å². The van der Waals surface area contributed by atoms with Crippen molar-refractivity contribution in [1.82, 2.24) is 9.55 Å². The number of halogens is 2. The van der Waals surface area contributed by atoms with Crippen molar-refractivity contribution in [2.75, 3.05) is 0 Å². The summed E-state index contributed by atoms with van der Waals surface area (Å²) >= 11 is 0. The summed E-state index contributed by atoms with van der Waals surface area (Å²) in [6, 6.07) is 14.2. The summed E-state index contributed by atoms with van der Waals surface area (Å²) < 4.78 is 32.4. The van der Waals surface area contributed by atoms with Crippen LogP contribution in [0, 0.1) is 6.92 Å². The Morgan fingerprint density at radius 3 is 2.64 bits per heavy atom. The van der Waals surface area contributed by atoms with E-state index in [1.54, 1.807) is 30.3 Å². The third-order valence-corrected chi connectivity index (χ3v) is 3.70. The molecule has 4 nitrogen and oxygen atoms in total. The zero-order valence-electron chi connectivity index (χ0n) is 13.5. The molecule has 3 aromatic rings. The van der Waals surface area contributed by atoms with Crippen molar-refractivity contribution in [2.24, 2.45) is 0 Å². The molecule has 128 valence electrons. The molecule has 2 aromatic carbocycles. The minimum Gasteiger partial charge on any atom is -0.454 e. The molecule has 25 heavy (non-hydrogen) atoms. The van der Waals surface area contributed by atoms with Gasteiger partial charge in [0.2, 0.25) is 0 Å². The summed E-state index contributed by atoms with van der Waals surface area (Å²) in [5.74, 6) is -0.610. The normalized spacial score (nSPS) is 11.5. The van der Waals surface area contributed by atoms with E-state index < -0.39 is 12.5 Å². The molecular weight excluding hydrogens is 326 g/mol. The number of rotatable bonds is 5. The molecule has 6 heteroatoms. The third kappa shape index (κ3) is 3.91. The smallest absolute Gasteiger partial charge is 0.331 e. The molecule has 0 unspecified atom stereocenters. The Hall–Kier alpha value is -3.02. The minimum absolute atomic E-state index is 0.00767. The van der Waals surface area contributed by atoms with Crippen LogP contribution in [0.4, 0.5) is 8.78 Å². The number of hydrogen-bond donors (Lipinski definition) is 0. The molecule has 0 radical (unpaired) electrons. The second-order valence-corrected chi connectivity index (χ2v) is 5.52. The maximum absolute atomic E-state index is 13.3. The van der Waals surface area contributed by atoms with Gasteiger partial charge in [0.05, 0.1) is 11.0 Å². The van der Waals surface area contributed by atoms with E-state index in [1.807, 2.05) is 31.2 Å². The lowest BCUT2D eigenvalue weighted by atomic mass is 10.1. The number of alkyl halides is 2. The summed E-state index contributed by atoms with van der Waals surface area (Å²) in [5.41, 5.74) is 2.70. The summed E-state index contributed by atoms with van der Waals surface area (Å²) in [6.45, 7) is -1.11. The number of carbonyl (C=O) groups excluding carboxylic acids is 1. The molecule has 0 fully saturated rings. The summed E-state index contributed by atoms with van der Waals surface area (Å²) in [5, 5.41) is 0. The third-order valence-electron chi connectivity index (χ3n) is 3.70. The van der Waals surface area contributed by atoms with Crippen LogP contribution in [0.15, 0.2) is 54.6 Å². The number of esters is 1. The number of nitrogens with zero attached hydrogens (tertiary/aromatic N) is 2. The van der Waals surface area contributed by atoms with Gasteiger partial charge in [-0.3, -0.25) is 4.57 Å². The number of para-hydroxylation sites is 2. The summed E-state index contributed by atoms with van der Waals surface area (Å²) in [6.07, 6.45) is 2.87. The highest BCUT2D eigenvalue weighted by molar-refractivity contribution is 5.87. The molecule has 0 amide bonds. The van der Waals surface area contributed by atoms with E-state index >= 15 is 0 Å². The molecule has 0 aliphatic rings. The zero-order chi connectivity index (χ0) is 17.8. The number of fused-ring (bicyclic) bond motifs is 1. The first-order valence-corrected chi connectivity index (χ1v) is 7.70. The Bertz CT molecular complexity index is 915. The number of benzene rings is 2. The molecule has 1 heterocycles. The van der Waals surface area contributed by atoms with E-state index in [0.29, 0.717) is 11.0 Å². The maximum atomic E-state index is 13.3. The molecule has 0 aliphatic carbocycles. The van der Waals surface area contributed by atoms with E-state index in [2.05, 4.69) is 4.98 Å². The lowest BCUT2D eigenvalue weighted by molar-refractivity contribution is -0.139. The molecule has 0 bridgehead atoms. The topological polar surface area (TPSA) is 44.1 Å². The van der Waals surface area contributed by atoms with Crippen LogP contribution in [0.5, 0.6) is 0 Å². The molecule has 0 N–H and O–H groups in total. The standard InChI is InChI=1S/C19H16F2N2O2/c1-13-6-8-14(9-7-13)10-11-18(24)25-12-17-22-15-4-2-3-5-16(15)23(17)19(20)21/h2-11,19H,12H2,1H3/b11-10+. The number of aryl methyl sites for hydroxylation is 1. The van der Waals surface area contributed by atoms with Gasteiger partial charge >= 0.3 is 12.5 Å². The van der Waals surface area contributed by atoms with Gasteiger partial charge < -0.3 is 4.74 Å². The first kappa shape index (κ1) is 16.8. The van der Waals surface area contributed by atoms with Crippen LogP contribution in [0.25, 0.3) is 17.1 Å². The van der Waals surface area contributed by atoms with Crippen LogP contribution in [0.1, 0.15) is 23.5 Å². The number of imidazole rings is 1. The van der Waals surface area contributed by atoms with Crippen LogP contribution >= 0.6 is 0 Å². The van der Waals surface area contributed by atoms with Gasteiger partial charge in [-0.15, -0.1) is 0 Å². The van der Waals surface area contributed by atoms with E-state index in [9.17, 15) is 13.6 Å². The predicted octanol–water partition coefficient (Wildman–Crippen LogP) is 4.50. The highest BCUT2D eigenvalue weighted by Crippen LogP contribution is 2.23. The molecule has 0 aliphatic heterocycles. The Balaban J connectivity index is 1.70. The van der Waals surface area contributed by atoms with Gasteiger partial charge in [-0.05, 0) is 30.7 Å². The maximum Gasteiger partial charge on any atom is 0.331 e. The van der Waals surface area contributed by atoms with Gasteiger partial charge in [0.15, 0.2) is 5.82 Å². The van der Waals surface area contributed by atoms with Crippen molar-refractivity contribution < 1.29 is 18.3 Å². The number of hydrogen-bond acceptors (Lipinski definition) is 3. The highest BCUT2D eigenvalue weighted by Gasteiger charge is 2.18. The second kappa shape index (κ2) is 7.25. The zero-order valence-corrected chi connectivity index (χ0v) is 13.5. The van der Waals surface area contributed by atoms with Crippen molar-refractivity contribution >= 4 is 23.1 Å². The molecule has 0 saturated carbocycles. The van der Waals surface area contributed by atoms with Gasteiger partial charge in [0, 0.05) is 6.08 Å². The lowest BCUT2D eigenvalue weighted by Gasteiger charge is -2.07. The summed E-state index contributed by atoms with van der Waals surface area (Å²) in [4.78, 5) is 15.9. The average Bonchev–Trinajstić information content (AvgIpc) is 2.98. The molecular formula is C19H16F2N2O2. The number of carbonyl (C=O) groups is 1. The van der Waals surface area contributed by atoms with Crippen molar-refractivity contribution in [3.63, 3.8) is 0 Å².